The highest BCUT2D eigenvalue weighted by molar-refractivity contribution is 8.16. The second kappa shape index (κ2) is 9.65. The van der Waals surface area contributed by atoms with Crippen LogP contribution in [0.2, 0.25) is 0 Å². The van der Waals surface area contributed by atoms with Gasteiger partial charge in [-0.1, -0.05) is 18.2 Å². The molecule has 1 saturated carbocycles. The monoisotopic (exact) mass is 457 g/mol. The summed E-state index contributed by atoms with van der Waals surface area (Å²) in [7, 11) is 0. The van der Waals surface area contributed by atoms with Crippen molar-refractivity contribution < 1.29 is 19.0 Å². The zero-order valence-electron chi connectivity index (χ0n) is 17.4. The maximum Gasteiger partial charge on any atom is 0.258 e. The molecule has 0 bridgehead atoms. The van der Waals surface area contributed by atoms with Crippen molar-refractivity contribution in [2.24, 2.45) is 5.92 Å². The number of ether oxygens (including phenoxy) is 3. The maximum absolute atomic E-state index is 12.6. The first kappa shape index (κ1) is 20.9. The quantitative estimate of drug-likeness (QED) is 0.633. The molecule has 7 heteroatoms. The molecular formula is C24H27NO4S2. The molecule has 3 aliphatic rings. The molecule has 2 aromatic rings. The molecule has 0 spiro atoms. The lowest BCUT2D eigenvalue weighted by atomic mass is 10.0. The fourth-order valence-electron chi connectivity index (χ4n) is 3.92. The van der Waals surface area contributed by atoms with Crippen molar-refractivity contribution in [3.8, 4) is 17.2 Å². The molecule has 1 atom stereocenters. The van der Waals surface area contributed by atoms with Crippen molar-refractivity contribution >= 4 is 29.4 Å². The number of hydrogen-bond acceptors (Lipinski definition) is 6. The summed E-state index contributed by atoms with van der Waals surface area (Å²) >= 11 is 4.01. The van der Waals surface area contributed by atoms with Crippen LogP contribution in [0.3, 0.4) is 0 Å². The van der Waals surface area contributed by atoms with E-state index in [9.17, 15) is 4.79 Å². The smallest absolute Gasteiger partial charge is 0.258 e. The van der Waals surface area contributed by atoms with Crippen LogP contribution < -0.4 is 19.5 Å². The standard InChI is InChI=1S/C24H27NO4S2/c26-22(15-29-19-7-4-17(5-8-19)24-30-12-1-13-31-24)25-23(16-2-3-16)18-6-9-20-21(14-18)28-11-10-27-20/h4-9,14,16,23-24H,1-3,10-13,15H2,(H,25,26). The molecule has 31 heavy (non-hydrogen) atoms. The van der Waals surface area contributed by atoms with E-state index in [2.05, 4.69) is 17.4 Å². The van der Waals surface area contributed by atoms with E-state index < -0.39 is 0 Å². The summed E-state index contributed by atoms with van der Waals surface area (Å²) in [5.74, 6) is 5.07. The highest BCUT2D eigenvalue weighted by Gasteiger charge is 2.34. The molecule has 1 N–H and O–H groups in total. The molecular weight excluding hydrogens is 430 g/mol. The Morgan fingerprint density at radius 1 is 1.03 bits per heavy atom. The van der Waals surface area contributed by atoms with Gasteiger partial charge in [0.1, 0.15) is 19.0 Å². The van der Waals surface area contributed by atoms with Crippen molar-refractivity contribution in [3.05, 3.63) is 53.6 Å². The minimum Gasteiger partial charge on any atom is -0.486 e. The molecule has 2 aromatic carbocycles. The second-order valence-corrected chi connectivity index (χ2v) is 10.8. The molecule has 2 fully saturated rings. The van der Waals surface area contributed by atoms with Crippen LogP contribution in [0.15, 0.2) is 42.5 Å². The Morgan fingerprint density at radius 2 is 1.77 bits per heavy atom. The van der Waals surface area contributed by atoms with Crippen LogP contribution >= 0.6 is 23.5 Å². The van der Waals surface area contributed by atoms with Gasteiger partial charge >= 0.3 is 0 Å². The Morgan fingerprint density at radius 3 is 2.52 bits per heavy atom. The number of carbonyl (C=O) groups is 1. The predicted molar refractivity (Wildman–Crippen MR) is 125 cm³/mol. The molecule has 0 radical (unpaired) electrons. The number of benzene rings is 2. The molecule has 1 aliphatic carbocycles. The Bertz CT molecular complexity index is 910. The van der Waals surface area contributed by atoms with Gasteiger partial charge in [-0.2, -0.15) is 0 Å². The summed E-state index contributed by atoms with van der Waals surface area (Å²) in [5.41, 5.74) is 2.38. The summed E-state index contributed by atoms with van der Waals surface area (Å²) in [5, 5.41) is 3.17. The van der Waals surface area contributed by atoms with Crippen molar-refractivity contribution in [1.82, 2.24) is 5.32 Å². The SMILES string of the molecule is O=C(COc1ccc(C2SCCCS2)cc1)NC(c1ccc2c(c1)OCCO2)C1CC1. The van der Waals surface area contributed by atoms with E-state index in [0.29, 0.717) is 23.7 Å². The van der Waals surface area contributed by atoms with Crippen LogP contribution in [-0.4, -0.2) is 37.2 Å². The lowest BCUT2D eigenvalue weighted by Gasteiger charge is -2.23. The number of amides is 1. The van der Waals surface area contributed by atoms with Gasteiger partial charge in [0.2, 0.25) is 0 Å². The van der Waals surface area contributed by atoms with Gasteiger partial charge in [-0.3, -0.25) is 4.79 Å². The van der Waals surface area contributed by atoms with Crippen molar-refractivity contribution in [2.45, 2.75) is 29.9 Å². The van der Waals surface area contributed by atoms with Gasteiger partial charge < -0.3 is 19.5 Å². The summed E-state index contributed by atoms with van der Waals surface area (Å²) < 4.78 is 17.6. The fraction of sp³-hybridized carbons (Fsp3) is 0.458. The zero-order chi connectivity index (χ0) is 21.0. The number of thioether (sulfide) groups is 2. The highest BCUT2D eigenvalue weighted by Crippen LogP contribution is 2.44. The van der Waals surface area contributed by atoms with Crippen LogP contribution in [0.5, 0.6) is 17.2 Å². The van der Waals surface area contributed by atoms with Gasteiger partial charge in [-0.15, -0.1) is 23.5 Å². The lowest BCUT2D eigenvalue weighted by molar-refractivity contribution is -0.124. The Labute approximate surface area is 191 Å². The minimum atomic E-state index is -0.103. The molecule has 2 heterocycles. The van der Waals surface area contributed by atoms with Gasteiger partial charge in [-0.25, -0.2) is 0 Å². The number of carbonyl (C=O) groups excluding carboxylic acids is 1. The van der Waals surface area contributed by atoms with Crippen LogP contribution in [0.25, 0.3) is 0 Å². The van der Waals surface area contributed by atoms with Gasteiger partial charge in [0.05, 0.1) is 10.6 Å². The number of hydrogen-bond donors (Lipinski definition) is 1. The van der Waals surface area contributed by atoms with Gasteiger partial charge in [0.15, 0.2) is 18.1 Å². The van der Waals surface area contributed by atoms with E-state index in [0.717, 1.165) is 35.7 Å². The van der Waals surface area contributed by atoms with Crippen LogP contribution in [-0.2, 0) is 4.79 Å². The summed E-state index contributed by atoms with van der Waals surface area (Å²) in [4.78, 5) is 12.6. The molecule has 5 rings (SSSR count). The third-order valence-corrected chi connectivity index (χ3v) is 8.70. The van der Waals surface area contributed by atoms with Gasteiger partial charge in [0.25, 0.3) is 5.91 Å². The zero-order valence-corrected chi connectivity index (χ0v) is 19.0. The Balaban J connectivity index is 1.17. The number of nitrogens with one attached hydrogen (secondary N) is 1. The summed E-state index contributed by atoms with van der Waals surface area (Å²) in [6.07, 6.45) is 3.54. The molecule has 1 unspecified atom stereocenters. The predicted octanol–water partition coefficient (Wildman–Crippen LogP) is 4.97. The van der Waals surface area contributed by atoms with Crippen LogP contribution in [0.4, 0.5) is 0 Å². The van der Waals surface area contributed by atoms with Crippen LogP contribution in [0.1, 0.15) is 41.0 Å². The number of rotatable bonds is 7. The minimum absolute atomic E-state index is 0.0139. The Hall–Kier alpha value is -1.99. The van der Waals surface area contributed by atoms with E-state index in [1.54, 1.807) is 0 Å². The van der Waals surface area contributed by atoms with Crippen LogP contribution in [0, 0.1) is 5.92 Å². The van der Waals surface area contributed by atoms with Crippen molar-refractivity contribution in [1.29, 1.82) is 0 Å². The third-order valence-electron chi connectivity index (χ3n) is 5.68. The Kier molecular flexibility index (Phi) is 6.50. The topological polar surface area (TPSA) is 56.8 Å². The largest absolute Gasteiger partial charge is 0.486 e. The van der Waals surface area contributed by atoms with Crippen molar-refractivity contribution in [3.63, 3.8) is 0 Å². The molecule has 1 amide bonds. The maximum atomic E-state index is 12.6. The molecule has 0 aromatic heterocycles. The molecule has 164 valence electrons. The van der Waals surface area contributed by atoms with E-state index in [-0.39, 0.29) is 18.6 Å². The normalized spacial score (nSPS) is 19.5. The average molecular weight is 458 g/mol. The third kappa shape index (κ3) is 5.26. The highest BCUT2D eigenvalue weighted by atomic mass is 32.2. The van der Waals surface area contributed by atoms with E-state index in [4.69, 9.17) is 14.2 Å². The van der Waals surface area contributed by atoms with E-state index in [1.165, 1.54) is 23.5 Å². The van der Waals surface area contributed by atoms with Crippen molar-refractivity contribution in [2.75, 3.05) is 31.3 Å². The average Bonchev–Trinajstić information content (AvgIpc) is 3.67. The van der Waals surface area contributed by atoms with Gasteiger partial charge in [-0.05, 0) is 72.1 Å². The fourth-order valence-corrected chi connectivity index (χ4v) is 6.82. The van der Waals surface area contributed by atoms with Gasteiger partial charge in [0, 0.05) is 0 Å². The van der Waals surface area contributed by atoms with E-state index >= 15 is 0 Å². The number of fused-ring (bicyclic) bond motifs is 1. The lowest BCUT2D eigenvalue weighted by Crippen LogP contribution is -2.33. The summed E-state index contributed by atoms with van der Waals surface area (Å²) in [6.45, 7) is 1.15. The first-order valence-electron chi connectivity index (χ1n) is 10.9. The molecule has 2 aliphatic heterocycles. The first-order valence-corrected chi connectivity index (χ1v) is 13.0. The first-order chi connectivity index (χ1) is 15.3. The molecule has 5 nitrogen and oxygen atoms in total. The molecule has 1 saturated heterocycles. The second-order valence-electron chi connectivity index (χ2n) is 8.07. The van der Waals surface area contributed by atoms with E-state index in [1.807, 2.05) is 53.9 Å². The summed E-state index contributed by atoms with van der Waals surface area (Å²) in [6, 6.07) is 14.1.